The number of nitrogens with one attached hydrogen (secondary N) is 1. The quantitative estimate of drug-likeness (QED) is 0.235. The Morgan fingerprint density at radius 1 is 1.00 bits per heavy atom. The van der Waals surface area contributed by atoms with Gasteiger partial charge in [0.2, 0.25) is 5.43 Å². The standard InChI is InChI=1S/C34H32FN5O10S/c35-22-12-20-23(39(19-6-7-19)14-21(28(20)42)32(45)46)13-24(22)37-8-10-38(11-9-37)34(49)50-15-18-16-51-31-25(30(44)40(31)26(18)33(47)48)36-29(43)27(41)17-4-2-1-3-5-17/h1-5,12-14,19,25,27,31,41H,6-11,15-16H2,(H,36,43)(H,45,46)(H,47,48)/t25-,27-,31-/m1/s1. The van der Waals surface area contributed by atoms with E-state index in [0.29, 0.717) is 11.1 Å². The molecule has 1 saturated carbocycles. The van der Waals surface area contributed by atoms with Gasteiger partial charge in [-0.2, -0.15) is 0 Å². The highest BCUT2D eigenvalue weighted by Gasteiger charge is 2.54. The number of nitrogens with zero attached hydrogens (tertiary/aromatic N) is 4. The molecule has 4 N–H and O–H groups in total. The summed E-state index contributed by atoms with van der Waals surface area (Å²) in [5, 5.41) is 31.6. The Morgan fingerprint density at radius 3 is 2.35 bits per heavy atom. The van der Waals surface area contributed by atoms with Gasteiger partial charge in [0.25, 0.3) is 11.8 Å². The monoisotopic (exact) mass is 721 g/mol. The molecule has 2 aromatic carbocycles. The molecule has 3 aromatic rings. The van der Waals surface area contributed by atoms with Crippen LogP contribution in [-0.2, 0) is 19.1 Å². The number of halogens is 1. The van der Waals surface area contributed by atoms with Crippen molar-refractivity contribution in [3.63, 3.8) is 0 Å². The number of β-lactam (4-membered cyclic amide) rings is 1. The summed E-state index contributed by atoms with van der Waals surface area (Å²) in [6.45, 7) is 0.323. The molecule has 0 spiro atoms. The number of rotatable bonds is 9. The predicted molar refractivity (Wildman–Crippen MR) is 180 cm³/mol. The molecule has 15 nitrogen and oxygen atoms in total. The fourth-order valence-corrected chi connectivity index (χ4v) is 7.92. The maximum absolute atomic E-state index is 15.4. The molecule has 4 aliphatic rings. The maximum Gasteiger partial charge on any atom is 0.410 e. The minimum Gasteiger partial charge on any atom is -0.477 e. The lowest BCUT2D eigenvalue weighted by molar-refractivity contribution is -0.151. The van der Waals surface area contributed by atoms with Crippen LogP contribution < -0.4 is 15.6 Å². The summed E-state index contributed by atoms with van der Waals surface area (Å²) in [6, 6.07) is 9.72. The van der Waals surface area contributed by atoms with Crippen molar-refractivity contribution in [1.29, 1.82) is 0 Å². The fraction of sp³-hybridized carbons (Fsp3) is 0.353. The van der Waals surface area contributed by atoms with Gasteiger partial charge in [0.1, 0.15) is 35.1 Å². The van der Waals surface area contributed by atoms with Crippen LogP contribution >= 0.6 is 11.8 Å². The molecule has 3 amide bonds. The zero-order chi connectivity index (χ0) is 36.1. The van der Waals surface area contributed by atoms with Crippen LogP contribution in [0.2, 0.25) is 0 Å². The number of aromatic nitrogens is 1. The SMILES string of the molecule is O=C(O)C1=C(COC(=O)N2CCN(c3cc4c(cc3F)c(=O)c(C(=O)O)cn4C3CC3)CC2)CS[C@@H]2[C@H](NC(=O)[C@H](O)c3ccccc3)C(=O)N12. The predicted octanol–water partition coefficient (Wildman–Crippen LogP) is 1.90. The lowest BCUT2D eigenvalue weighted by atomic mass is 10.0. The van der Waals surface area contributed by atoms with E-state index in [9.17, 15) is 44.1 Å². The van der Waals surface area contributed by atoms with Crippen molar-refractivity contribution in [2.24, 2.45) is 0 Å². The van der Waals surface area contributed by atoms with Gasteiger partial charge in [-0.15, -0.1) is 11.8 Å². The second kappa shape index (κ2) is 13.4. The van der Waals surface area contributed by atoms with E-state index in [1.807, 2.05) is 0 Å². The lowest BCUT2D eigenvalue weighted by Gasteiger charge is -2.49. The first-order valence-electron chi connectivity index (χ1n) is 16.2. The first-order chi connectivity index (χ1) is 24.4. The number of aliphatic carboxylic acids is 1. The largest absolute Gasteiger partial charge is 0.477 e. The third kappa shape index (κ3) is 6.27. The molecule has 4 heterocycles. The van der Waals surface area contributed by atoms with Crippen LogP contribution in [0.1, 0.15) is 40.9 Å². The van der Waals surface area contributed by atoms with Crippen LogP contribution in [0.25, 0.3) is 10.9 Å². The van der Waals surface area contributed by atoms with Gasteiger partial charge in [-0.3, -0.25) is 19.3 Å². The second-order valence-corrected chi connectivity index (χ2v) is 13.7. The molecule has 0 bridgehead atoms. The Kier molecular flexibility index (Phi) is 8.93. The number of hydrogen-bond acceptors (Lipinski definition) is 10. The van der Waals surface area contributed by atoms with Gasteiger partial charge in [-0.1, -0.05) is 30.3 Å². The van der Waals surface area contributed by atoms with Crippen LogP contribution in [-0.4, -0.2) is 109 Å². The highest BCUT2D eigenvalue weighted by Crippen LogP contribution is 2.41. The zero-order valence-corrected chi connectivity index (χ0v) is 27.7. The van der Waals surface area contributed by atoms with Crippen molar-refractivity contribution in [2.45, 2.75) is 36.4 Å². The number of aromatic carboxylic acids is 1. The number of piperazine rings is 1. The minimum absolute atomic E-state index is 0.0155. The van der Waals surface area contributed by atoms with Gasteiger partial charge < -0.3 is 39.7 Å². The Balaban J connectivity index is 0.981. The summed E-state index contributed by atoms with van der Waals surface area (Å²) >= 11 is 1.19. The van der Waals surface area contributed by atoms with Crippen molar-refractivity contribution < 1.29 is 48.4 Å². The molecule has 1 aliphatic carbocycles. The topological polar surface area (TPSA) is 199 Å². The molecule has 2 saturated heterocycles. The first-order valence-corrected chi connectivity index (χ1v) is 17.2. The molecular formula is C34H32FN5O10S. The number of thioether (sulfide) groups is 1. The summed E-state index contributed by atoms with van der Waals surface area (Å²) in [5.41, 5.74) is -0.335. The number of carboxylic acids is 2. The maximum atomic E-state index is 15.4. The number of pyridine rings is 1. The average Bonchev–Trinajstić information content (AvgIpc) is 3.98. The van der Waals surface area contributed by atoms with Gasteiger partial charge >= 0.3 is 18.0 Å². The van der Waals surface area contributed by atoms with Crippen LogP contribution in [0, 0.1) is 5.82 Å². The highest BCUT2D eigenvalue weighted by atomic mass is 32.2. The van der Waals surface area contributed by atoms with Crippen LogP contribution in [0.4, 0.5) is 14.9 Å². The molecule has 7 rings (SSSR count). The Labute approximate surface area is 292 Å². The number of carbonyl (C=O) groups is 5. The molecule has 51 heavy (non-hydrogen) atoms. The molecular weight excluding hydrogens is 689 g/mol. The fourth-order valence-electron chi connectivity index (χ4n) is 6.59. The zero-order valence-electron chi connectivity index (χ0n) is 26.9. The van der Waals surface area contributed by atoms with E-state index in [-0.39, 0.29) is 60.3 Å². The smallest absolute Gasteiger partial charge is 0.410 e. The van der Waals surface area contributed by atoms with Crippen molar-refractivity contribution in [1.82, 2.24) is 19.7 Å². The van der Waals surface area contributed by atoms with Crippen LogP contribution in [0.15, 0.2) is 64.7 Å². The molecule has 266 valence electrons. The number of aliphatic hydroxyl groups excluding tert-OH is 1. The molecule has 3 atom stereocenters. The number of carbonyl (C=O) groups excluding carboxylic acids is 3. The van der Waals surface area contributed by atoms with Crippen LogP contribution in [0.3, 0.4) is 0 Å². The van der Waals surface area contributed by atoms with Gasteiger partial charge in [0.15, 0.2) is 6.10 Å². The molecule has 0 unspecified atom stereocenters. The van der Waals surface area contributed by atoms with E-state index in [4.69, 9.17) is 4.74 Å². The minimum atomic E-state index is -1.51. The molecule has 3 fully saturated rings. The van der Waals surface area contributed by atoms with Crippen molar-refractivity contribution in [3.05, 3.63) is 87.1 Å². The second-order valence-electron chi connectivity index (χ2n) is 12.6. The molecule has 1 aromatic heterocycles. The molecule has 17 heteroatoms. The van der Waals surface area contributed by atoms with E-state index in [1.54, 1.807) is 39.8 Å². The van der Waals surface area contributed by atoms with E-state index in [1.165, 1.54) is 28.9 Å². The number of carboxylic acid groups (broad SMARTS) is 2. The lowest BCUT2D eigenvalue weighted by Crippen LogP contribution is -2.71. The van der Waals surface area contributed by atoms with Crippen molar-refractivity contribution >= 4 is 58.2 Å². The van der Waals surface area contributed by atoms with Gasteiger partial charge in [0.05, 0.1) is 11.2 Å². The molecule has 3 aliphatic heterocycles. The van der Waals surface area contributed by atoms with E-state index >= 15 is 4.39 Å². The number of anilines is 1. The summed E-state index contributed by atoms with van der Waals surface area (Å²) in [5.74, 6) is -4.84. The third-order valence-electron chi connectivity index (χ3n) is 9.43. The molecule has 0 radical (unpaired) electrons. The van der Waals surface area contributed by atoms with Crippen LogP contribution in [0.5, 0.6) is 0 Å². The highest BCUT2D eigenvalue weighted by molar-refractivity contribution is 8.00. The number of fused-ring (bicyclic) bond motifs is 2. The third-order valence-corrected chi connectivity index (χ3v) is 10.8. The number of aliphatic hydroxyl groups is 1. The number of ether oxygens (including phenoxy) is 1. The van der Waals surface area contributed by atoms with Crippen molar-refractivity contribution in [2.75, 3.05) is 43.4 Å². The van der Waals surface area contributed by atoms with Crippen molar-refractivity contribution in [3.8, 4) is 0 Å². The van der Waals surface area contributed by atoms with Gasteiger partial charge in [0, 0.05) is 55.1 Å². The van der Waals surface area contributed by atoms with Gasteiger partial charge in [-0.25, -0.2) is 18.8 Å². The normalized spacial score (nSPS) is 20.8. The Bertz CT molecular complexity index is 2060. The van der Waals surface area contributed by atoms with E-state index in [2.05, 4.69) is 5.32 Å². The Morgan fingerprint density at radius 2 is 1.71 bits per heavy atom. The number of hydrogen-bond donors (Lipinski definition) is 4. The average molecular weight is 722 g/mol. The summed E-state index contributed by atoms with van der Waals surface area (Å²) in [4.78, 5) is 79.6. The summed E-state index contributed by atoms with van der Waals surface area (Å²) < 4.78 is 22.6. The summed E-state index contributed by atoms with van der Waals surface area (Å²) in [6.07, 6.45) is 0.684. The Hall–Kier alpha value is -5.42. The van der Waals surface area contributed by atoms with E-state index < -0.39 is 70.8 Å². The summed E-state index contributed by atoms with van der Waals surface area (Å²) in [7, 11) is 0. The van der Waals surface area contributed by atoms with Gasteiger partial charge in [-0.05, 0) is 30.5 Å². The number of benzene rings is 2. The number of amides is 3. The van der Waals surface area contributed by atoms with E-state index in [0.717, 1.165) is 23.8 Å². The first kappa shape index (κ1) is 34.0.